The molecule has 1 aliphatic carbocycles. The van der Waals surface area contributed by atoms with Gasteiger partial charge in [-0.1, -0.05) is 0 Å². The second-order valence-corrected chi connectivity index (χ2v) is 7.29. The van der Waals surface area contributed by atoms with Crippen LogP contribution < -0.4 is 0 Å². The van der Waals surface area contributed by atoms with Crippen molar-refractivity contribution in [3.8, 4) is 0 Å². The summed E-state index contributed by atoms with van der Waals surface area (Å²) in [6, 6.07) is 4.54. The Kier molecular flexibility index (Phi) is 3.73. The molecule has 0 N–H and O–H groups in total. The van der Waals surface area contributed by atoms with Crippen molar-refractivity contribution in [2.75, 3.05) is 7.05 Å². The van der Waals surface area contributed by atoms with Crippen molar-refractivity contribution < 1.29 is 4.79 Å². The van der Waals surface area contributed by atoms with Gasteiger partial charge in [0.05, 0.1) is 6.54 Å². The Morgan fingerprint density at radius 1 is 1.55 bits per heavy atom. The van der Waals surface area contributed by atoms with Crippen LogP contribution in [0.3, 0.4) is 0 Å². The highest BCUT2D eigenvalue weighted by molar-refractivity contribution is 9.10. The van der Waals surface area contributed by atoms with Gasteiger partial charge in [-0.15, -0.1) is 11.3 Å². The first-order chi connectivity index (χ1) is 9.56. The third-order valence-corrected chi connectivity index (χ3v) is 5.11. The molecule has 5 heteroatoms. The van der Waals surface area contributed by atoms with Gasteiger partial charge in [0.1, 0.15) is 5.69 Å². The largest absolute Gasteiger partial charge is 0.339 e. The fourth-order valence-electron chi connectivity index (χ4n) is 2.32. The van der Waals surface area contributed by atoms with Gasteiger partial charge in [0, 0.05) is 28.6 Å². The van der Waals surface area contributed by atoms with Gasteiger partial charge in [0.25, 0.3) is 5.91 Å². The van der Waals surface area contributed by atoms with E-state index in [1.54, 1.807) is 16.2 Å². The summed E-state index contributed by atoms with van der Waals surface area (Å²) in [7, 11) is 1.87. The Morgan fingerprint density at radius 3 is 2.90 bits per heavy atom. The highest BCUT2D eigenvalue weighted by Gasteiger charge is 2.28. The molecule has 1 fully saturated rings. The number of aromatic nitrogens is 1. The molecule has 1 saturated carbocycles. The fraction of sp³-hybridized carbons (Fsp3) is 0.400. The van der Waals surface area contributed by atoms with Crippen LogP contribution in [0.2, 0.25) is 0 Å². The molecule has 106 valence electrons. The second-order valence-electron chi connectivity index (χ2n) is 5.37. The van der Waals surface area contributed by atoms with Crippen molar-refractivity contribution in [3.05, 3.63) is 44.3 Å². The third-order valence-electron chi connectivity index (χ3n) is 3.67. The maximum Gasteiger partial charge on any atom is 0.270 e. The molecule has 20 heavy (non-hydrogen) atoms. The number of carbonyl (C=O) groups excluding carboxylic acids is 1. The third kappa shape index (κ3) is 2.69. The number of halogens is 1. The van der Waals surface area contributed by atoms with E-state index in [0.29, 0.717) is 12.6 Å². The van der Waals surface area contributed by atoms with Crippen LogP contribution in [-0.4, -0.2) is 22.4 Å². The number of aryl methyl sites for hydroxylation is 1. The molecule has 1 amide bonds. The summed E-state index contributed by atoms with van der Waals surface area (Å²) in [4.78, 5) is 15.7. The lowest BCUT2D eigenvalue weighted by atomic mass is 10.2. The number of rotatable bonds is 4. The second kappa shape index (κ2) is 5.37. The van der Waals surface area contributed by atoms with Crippen molar-refractivity contribution in [2.24, 2.45) is 0 Å². The summed E-state index contributed by atoms with van der Waals surface area (Å²) in [5, 5.41) is 2.08. The van der Waals surface area contributed by atoms with Crippen LogP contribution in [0.15, 0.2) is 28.2 Å². The summed E-state index contributed by atoms with van der Waals surface area (Å²) in [6.07, 6.45) is 4.37. The summed E-state index contributed by atoms with van der Waals surface area (Å²) in [6.45, 7) is 2.77. The standard InChI is InChI=1S/C15H17BrN2OS/c1-10-5-6-20-14(10)9-17(2)15(19)13-7-11(16)8-18(13)12-3-4-12/h5-8,12H,3-4,9H2,1-2H3. The molecule has 1 aliphatic rings. The van der Waals surface area contributed by atoms with E-state index < -0.39 is 0 Å². The van der Waals surface area contributed by atoms with Crippen LogP contribution in [-0.2, 0) is 6.54 Å². The van der Waals surface area contributed by atoms with E-state index in [9.17, 15) is 4.79 Å². The normalized spacial score (nSPS) is 14.6. The van der Waals surface area contributed by atoms with Gasteiger partial charge < -0.3 is 9.47 Å². The van der Waals surface area contributed by atoms with Gasteiger partial charge >= 0.3 is 0 Å². The minimum Gasteiger partial charge on any atom is -0.339 e. The van der Waals surface area contributed by atoms with Crippen molar-refractivity contribution in [1.82, 2.24) is 9.47 Å². The van der Waals surface area contributed by atoms with Gasteiger partial charge in [0.15, 0.2) is 0 Å². The van der Waals surface area contributed by atoms with Gasteiger partial charge in [0.2, 0.25) is 0 Å². The lowest BCUT2D eigenvalue weighted by molar-refractivity contribution is 0.0775. The molecule has 2 aromatic rings. The molecule has 3 nitrogen and oxygen atoms in total. The molecule has 0 saturated heterocycles. The van der Waals surface area contributed by atoms with Crippen molar-refractivity contribution in [2.45, 2.75) is 32.4 Å². The van der Waals surface area contributed by atoms with Crippen LogP contribution in [0.25, 0.3) is 0 Å². The maximum atomic E-state index is 12.6. The van der Waals surface area contributed by atoms with E-state index in [-0.39, 0.29) is 5.91 Å². The van der Waals surface area contributed by atoms with Crippen LogP contribution >= 0.6 is 27.3 Å². The summed E-state index contributed by atoms with van der Waals surface area (Å²) < 4.78 is 3.10. The van der Waals surface area contributed by atoms with Crippen LogP contribution in [0.4, 0.5) is 0 Å². The summed E-state index contributed by atoms with van der Waals surface area (Å²) in [5.41, 5.74) is 2.05. The highest BCUT2D eigenvalue weighted by atomic mass is 79.9. The van der Waals surface area contributed by atoms with Gasteiger partial charge in [-0.2, -0.15) is 0 Å². The first-order valence-electron chi connectivity index (χ1n) is 6.72. The van der Waals surface area contributed by atoms with Gasteiger partial charge in [-0.3, -0.25) is 4.79 Å². The Bertz CT molecular complexity index is 642. The highest BCUT2D eigenvalue weighted by Crippen LogP contribution is 2.37. The van der Waals surface area contributed by atoms with Crippen LogP contribution in [0.5, 0.6) is 0 Å². The predicted molar refractivity (Wildman–Crippen MR) is 85.3 cm³/mol. The molecule has 0 spiro atoms. The van der Waals surface area contributed by atoms with E-state index in [0.717, 1.165) is 10.2 Å². The molecule has 0 radical (unpaired) electrons. The quantitative estimate of drug-likeness (QED) is 0.808. The zero-order valence-corrected chi connectivity index (χ0v) is 14.0. The Labute approximate surface area is 131 Å². The van der Waals surface area contributed by atoms with Gasteiger partial charge in [-0.05, 0) is 58.8 Å². The summed E-state index contributed by atoms with van der Waals surface area (Å²) >= 11 is 5.19. The molecule has 0 bridgehead atoms. The topological polar surface area (TPSA) is 25.2 Å². The minimum absolute atomic E-state index is 0.0930. The fourth-order valence-corrected chi connectivity index (χ4v) is 3.72. The lowest BCUT2D eigenvalue weighted by Crippen LogP contribution is -2.28. The number of nitrogens with zero attached hydrogens (tertiary/aromatic N) is 2. The average Bonchev–Trinajstić information content (AvgIpc) is 3.08. The van der Waals surface area contributed by atoms with Crippen molar-refractivity contribution in [3.63, 3.8) is 0 Å². The van der Waals surface area contributed by atoms with E-state index >= 15 is 0 Å². The Morgan fingerprint density at radius 2 is 2.30 bits per heavy atom. The maximum absolute atomic E-state index is 12.6. The zero-order valence-electron chi connectivity index (χ0n) is 11.6. The first kappa shape index (κ1) is 13.9. The van der Waals surface area contributed by atoms with Crippen LogP contribution in [0.1, 0.15) is 39.8 Å². The molecule has 0 aliphatic heterocycles. The molecule has 0 aromatic carbocycles. The number of hydrogen-bond acceptors (Lipinski definition) is 2. The smallest absolute Gasteiger partial charge is 0.270 e. The number of thiophene rings is 1. The number of hydrogen-bond donors (Lipinski definition) is 0. The lowest BCUT2D eigenvalue weighted by Gasteiger charge is -2.18. The summed E-state index contributed by atoms with van der Waals surface area (Å²) in [5.74, 6) is 0.0930. The zero-order chi connectivity index (χ0) is 14.3. The average molecular weight is 353 g/mol. The van der Waals surface area contributed by atoms with Crippen molar-refractivity contribution in [1.29, 1.82) is 0 Å². The van der Waals surface area contributed by atoms with Crippen LogP contribution in [0, 0.1) is 6.92 Å². The molecule has 2 aromatic heterocycles. The molecular formula is C15H17BrN2OS. The molecule has 0 atom stereocenters. The molecule has 2 heterocycles. The Balaban J connectivity index is 1.80. The minimum atomic E-state index is 0.0930. The van der Waals surface area contributed by atoms with E-state index in [4.69, 9.17) is 0 Å². The van der Waals surface area contributed by atoms with E-state index in [1.807, 2.05) is 19.3 Å². The number of carbonyl (C=O) groups is 1. The Hall–Kier alpha value is -1.07. The SMILES string of the molecule is Cc1ccsc1CN(C)C(=O)c1cc(Br)cn1C1CC1. The first-order valence-corrected chi connectivity index (χ1v) is 8.39. The predicted octanol–water partition coefficient (Wildman–Crippen LogP) is 4.23. The number of amides is 1. The van der Waals surface area contributed by atoms with E-state index in [2.05, 4.69) is 38.9 Å². The van der Waals surface area contributed by atoms with E-state index in [1.165, 1.54) is 23.3 Å². The molecule has 0 unspecified atom stereocenters. The molecule has 3 rings (SSSR count). The van der Waals surface area contributed by atoms with Gasteiger partial charge in [-0.25, -0.2) is 0 Å². The monoisotopic (exact) mass is 352 g/mol. The van der Waals surface area contributed by atoms with Crippen molar-refractivity contribution >= 4 is 33.2 Å². The molecular weight excluding hydrogens is 336 g/mol.